The second kappa shape index (κ2) is 6.62. The van der Waals surface area contributed by atoms with Crippen LogP contribution in [-0.4, -0.2) is 35.0 Å². The number of carbonyl (C=O) groups excluding carboxylic acids is 1. The van der Waals surface area contributed by atoms with E-state index in [1.807, 2.05) is 29.8 Å². The van der Waals surface area contributed by atoms with Crippen molar-refractivity contribution in [1.82, 2.24) is 20.6 Å². The SMILES string of the molecule is O=C(NC1CCCNC1)c1sccc1Nc1ccnc2[nH]ccc12. The number of aromatic amines is 1. The topological polar surface area (TPSA) is 81.8 Å². The van der Waals surface area contributed by atoms with E-state index in [-0.39, 0.29) is 11.9 Å². The first kappa shape index (κ1) is 15.2. The Hall–Kier alpha value is -2.38. The molecule has 0 aliphatic carbocycles. The van der Waals surface area contributed by atoms with Crippen LogP contribution in [0, 0.1) is 0 Å². The molecule has 7 heteroatoms. The van der Waals surface area contributed by atoms with Gasteiger partial charge < -0.3 is 20.9 Å². The normalized spacial score (nSPS) is 17.8. The second-order valence-electron chi connectivity index (χ2n) is 5.90. The van der Waals surface area contributed by atoms with Crippen LogP contribution in [0.15, 0.2) is 36.0 Å². The molecule has 0 aromatic carbocycles. The molecule has 1 unspecified atom stereocenters. The number of H-pyrrole nitrogens is 1. The molecule has 0 radical (unpaired) electrons. The molecule has 0 bridgehead atoms. The Kier molecular flexibility index (Phi) is 4.18. The smallest absolute Gasteiger partial charge is 0.263 e. The van der Waals surface area contributed by atoms with E-state index >= 15 is 0 Å². The third-order valence-corrected chi connectivity index (χ3v) is 5.15. The summed E-state index contributed by atoms with van der Waals surface area (Å²) in [7, 11) is 0. The van der Waals surface area contributed by atoms with Crippen molar-refractivity contribution in [2.24, 2.45) is 0 Å². The molecule has 1 saturated heterocycles. The number of pyridine rings is 1. The number of piperidine rings is 1. The molecule has 4 N–H and O–H groups in total. The van der Waals surface area contributed by atoms with E-state index in [0.29, 0.717) is 4.88 Å². The minimum absolute atomic E-state index is 0.0134. The number of rotatable bonds is 4. The first-order valence-corrected chi connectivity index (χ1v) is 8.97. The molecule has 3 aromatic heterocycles. The fraction of sp³-hybridized carbons (Fsp3) is 0.294. The van der Waals surface area contributed by atoms with Gasteiger partial charge in [0.1, 0.15) is 10.5 Å². The molecular weight excluding hydrogens is 322 g/mol. The van der Waals surface area contributed by atoms with Gasteiger partial charge in [0.25, 0.3) is 5.91 Å². The van der Waals surface area contributed by atoms with Crippen LogP contribution in [-0.2, 0) is 0 Å². The van der Waals surface area contributed by atoms with Gasteiger partial charge in [-0.25, -0.2) is 4.98 Å². The van der Waals surface area contributed by atoms with E-state index in [1.165, 1.54) is 11.3 Å². The van der Waals surface area contributed by atoms with Gasteiger partial charge in [-0.1, -0.05) is 0 Å². The van der Waals surface area contributed by atoms with Crippen LogP contribution in [0.5, 0.6) is 0 Å². The molecule has 124 valence electrons. The molecule has 0 saturated carbocycles. The van der Waals surface area contributed by atoms with Crippen LogP contribution in [0.4, 0.5) is 11.4 Å². The zero-order valence-corrected chi connectivity index (χ0v) is 14.0. The van der Waals surface area contributed by atoms with Gasteiger partial charge in [-0.05, 0) is 43.0 Å². The van der Waals surface area contributed by atoms with Crippen LogP contribution in [0.25, 0.3) is 11.0 Å². The lowest BCUT2D eigenvalue weighted by molar-refractivity contribution is 0.0935. The van der Waals surface area contributed by atoms with Gasteiger partial charge in [0.15, 0.2) is 0 Å². The number of fused-ring (bicyclic) bond motifs is 1. The Balaban J connectivity index is 1.54. The van der Waals surface area contributed by atoms with E-state index in [1.54, 1.807) is 6.20 Å². The predicted molar refractivity (Wildman–Crippen MR) is 97.1 cm³/mol. The van der Waals surface area contributed by atoms with Gasteiger partial charge in [0.05, 0.1) is 11.4 Å². The Labute approximate surface area is 143 Å². The average Bonchev–Trinajstić information content (AvgIpc) is 3.25. The van der Waals surface area contributed by atoms with Crippen LogP contribution < -0.4 is 16.0 Å². The highest BCUT2D eigenvalue weighted by Gasteiger charge is 2.19. The van der Waals surface area contributed by atoms with Crippen molar-refractivity contribution >= 4 is 39.7 Å². The molecule has 1 atom stereocenters. The summed E-state index contributed by atoms with van der Waals surface area (Å²) in [6, 6.07) is 6.04. The zero-order chi connectivity index (χ0) is 16.4. The van der Waals surface area contributed by atoms with Crippen molar-refractivity contribution in [3.63, 3.8) is 0 Å². The molecule has 6 nitrogen and oxygen atoms in total. The Morgan fingerprint density at radius 3 is 3.12 bits per heavy atom. The predicted octanol–water partition coefficient (Wildman–Crippen LogP) is 2.85. The molecule has 24 heavy (non-hydrogen) atoms. The molecular formula is C17H19N5OS. The summed E-state index contributed by atoms with van der Waals surface area (Å²) in [5.74, 6) is -0.0134. The highest BCUT2D eigenvalue weighted by atomic mass is 32.1. The summed E-state index contributed by atoms with van der Waals surface area (Å²) in [5.41, 5.74) is 2.59. The van der Waals surface area contributed by atoms with Gasteiger partial charge in [-0.15, -0.1) is 11.3 Å². The Morgan fingerprint density at radius 2 is 2.25 bits per heavy atom. The maximum Gasteiger partial charge on any atom is 0.263 e. The maximum absolute atomic E-state index is 12.6. The third kappa shape index (κ3) is 3.00. The minimum Gasteiger partial charge on any atom is -0.354 e. The van der Waals surface area contributed by atoms with Gasteiger partial charge in [-0.2, -0.15) is 0 Å². The molecule has 1 amide bonds. The lowest BCUT2D eigenvalue weighted by Crippen LogP contribution is -2.45. The van der Waals surface area contributed by atoms with E-state index in [2.05, 4.69) is 25.9 Å². The number of amides is 1. The summed E-state index contributed by atoms with van der Waals surface area (Å²) < 4.78 is 0. The van der Waals surface area contributed by atoms with Crippen LogP contribution >= 0.6 is 11.3 Å². The summed E-state index contributed by atoms with van der Waals surface area (Å²) in [4.78, 5) is 20.7. The number of hydrogen-bond acceptors (Lipinski definition) is 5. The third-order valence-electron chi connectivity index (χ3n) is 4.23. The van der Waals surface area contributed by atoms with Gasteiger partial charge in [0, 0.05) is 30.4 Å². The fourth-order valence-electron chi connectivity index (χ4n) is 3.02. The molecule has 3 aromatic rings. The van der Waals surface area contributed by atoms with Crippen LogP contribution in [0.1, 0.15) is 22.5 Å². The van der Waals surface area contributed by atoms with Crippen molar-refractivity contribution < 1.29 is 4.79 Å². The lowest BCUT2D eigenvalue weighted by atomic mass is 10.1. The number of thiophene rings is 1. The molecule has 1 aliphatic rings. The molecule has 4 rings (SSSR count). The van der Waals surface area contributed by atoms with E-state index in [0.717, 1.165) is 48.3 Å². The lowest BCUT2D eigenvalue weighted by Gasteiger charge is -2.23. The molecule has 1 fully saturated rings. The maximum atomic E-state index is 12.6. The monoisotopic (exact) mass is 341 g/mol. The summed E-state index contributed by atoms with van der Waals surface area (Å²) in [5, 5.41) is 12.8. The van der Waals surface area contributed by atoms with Gasteiger partial charge in [-0.3, -0.25) is 4.79 Å². The van der Waals surface area contributed by atoms with Crippen molar-refractivity contribution in [3.8, 4) is 0 Å². The number of nitrogens with zero attached hydrogens (tertiary/aromatic N) is 1. The van der Waals surface area contributed by atoms with Crippen molar-refractivity contribution in [2.75, 3.05) is 18.4 Å². The number of carbonyl (C=O) groups is 1. The highest BCUT2D eigenvalue weighted by Crippen LogP contribution is 2.29. The Morgan fingerprint density at radius 1 is 1.29 bits per heavy atom. The largest absolute Gasteiger partial charge is 0.354 e. The zero-order valence-electron chi connectivity index (χ0n) is 13.1. The first-order chi connectivity index (χ1) is 11.8. The summed E-state index contributed by atoms with van der Waals surface area (Å²) in [6.45, 7) is 1.88. The highest BCUT2D eigenvalue weighted by molar-refractivity contribution is 7.12. The minimum atomic E-state index is -0.0134. The fourth-order valence-corrected chi connectivity index (χ4v) is 3.78. The van der Waals surface area contributed by atoms with E-state index in [9.17, 15) is 4.79 Å². The number of aromatic nitrogens is 2. The van der Waals surface area contributed by atoms with Crippen molar-refractivity contribution in [2.45, 2.75) is 18.9 Å². The van der Waals surface area contributed by atoms with E-state index in [4.69, 9.17) is 0 Å². The van der Waals surface area contributed by atoms with E-state index < -0.39 is 0 Å². The first-order valence-electron chi connectivity index (χ1n) is 8.09. The average molecular weight is 341 g/mol. The molecule has 4 heterocycles. The Bertz CT molecular complexity index is 849. The van der Waals surface area contributed by atoms with Crippen molar-refractivity contribution in [3.05, 3.63) is 40.8 Å². The quantitative estimate of drug-likeness (QED) is 0.588. The number of anilines is 2. The standard InChI is InChI=1S/C17H19N5OS/c23-17(21-11-2-1-6-18-10-11)15-14(5-9-24-15)22-13-4-8-20-16-12(13)3-7-19-16/h3-5,7-9,11,18H,1-2,6,10H2,(H,21,23)(H2,19,20,22). The van der Waals surface area contributed by atoms with Crippen LogP contribution in [0.3, 0.4) is 0 Å². The second-order valence-corrected chi connectivity index (χ2v) is 6.82. The molecule has 0 spiro atoms. The van der Waals surface area contributed by atoms with Gasteiger partial charge >= 0.3 is 0 Å². The number of nitrogens with one attached hydrogen (secondary N) is 4. The summed E-state index contributed by atoms with van der Waals surface area (Å²) >= 11 is 1.45. The number of hydrogen-bond donors (Lipinski definition) is 4. The van der Waals surface area contributed by atoms with Crippen molar-refractivity contribution in [1.29, 1.82) is 0 Å². The van der Waals surface area contributed by atoms with Gasteiger partial charge in [0.2, 0.25) is 0 Å². The molecule has 1 aliphatic heterocycles. The van der Waals surface area contributed by atoms with Crippen LogP contribution in [0.2, 0.25) is 0 Å². The summed E-state index contributed by atoms with van der Waals surface area (Å²) in [6.07, 6.45) is 5.74.